The van der Waals surface area contributed by atoms with Crippen LogP contribution in [0.25, 0.3) is 0 Å². The average molecular weight is 646 g/mol. The molecule has 2 amide bonds. The van der Waals surface area contributed by atoms with E-state index in [1.807, 2.05) is 6.19 Å². The molecule has 0 bridgehead atoms. The molecule has 1 aliphatic rings. The fourth-order valence-electron chi connectivity index (χ4n) is 4.88. The number of methoxy groups -OCH3 is 1. The van der Waals surface area contributed by atoms with Gasteiger partial charge in [0.05, 0.1) is 12.6 Å². The number of benzene rings is 2. The molecule has 1 N–H and O–H groups in total. The van der Waals surface area contributed by atoms with E-state index < -0.39 is 56.8 Å². The second kappa shape index (κ2) is 11.6. The standard InChI is InChI=1S/C28H26F7N5O3S/c1-43-23-14-25(39(16-23)17-36)28(42)40(22-4-6-24(7-5-22)44(31,32,33,34)35)26(19-3-2-9-37-15-19)27(41)38-10-8-18-11-20(29)13-21(30)12-18/h2-7,9,11-13,15,23,25-26H,8,10,14,16H2,1H3,(H,38,41)/t23-,25-,26?/m1/s1. The number of nitrogens with zero attached hydrogens (tertiary/aromatic N) is 4. The van der Waals surface area contributed by atoms with Crippen molar-refractivity contribution in [2.45, 2.75) is 35.9 Å². The zero-order valence-electron chi connectivity index (χ0n) is 23.0. The summed E-state index contributed by atoms with van der Waals surface area (Å²) in [4.78, 5) is 31.5. The van der Waals surface area contributed by atoms with Crippen molar-refractivity contribution < 1.29 is 42.5 Å². The van der Waals surface area contributed by atoms with Crippen LogP contribution in [0.5, 0.6) is 0 Å². The van der Waals surface area contributed by atoms with Gasteiger partial charge in [0.25, 0.3) is 5.91 Å². The predicted molar refractivity (Wildman–Crippen MR) is 147 cm³/mol. The summed E-state index contributed by atoms with van der Waals surface area (Å²) in [6, 6.07) is 4.31. The molecule has 1 aromatic heterocycles. The number of aromatic nitrogens is 1. The smallest absolute Gasteiger partial charge is 0.310 e. The number of carbonyl (C=O) groups excluding carboxylic acids is 2. The van der Waals surface area contributed by atoms with Gasteiger partial charge in [-0.05, 0) is 54.4 Å². The van der Waals surface area contributed by atoms with E-state index in [-0.39, 0.29) is 54.9 Å². The van der Waals surface area contributed by atoms with Crippen LogP contribution in [0.2, 0.25) is 0 Å². The van der Waals surface area contributed by atoms with Gasteiger partial charge in [-0.3, -0.25) is 24.4 Å². The van der Waals surface area contributed by atoms with Crippen LogP contribution in [0.1, 0.15) is 23.6 Å². The highest BCUT2D eigenvalue weighted by Gasteiger charge is 2.65. The summed E-state index contributed by atoms with van der Waals surface area (Å²) in [5.41, 5.74) is -0.0474. The number of halogens is 7. The lowest BCUT2D eigenvalue weighted by molar-refractivity contribution is -0.128. The van der Waals surface area contributed by atoms with Crippen LogP contribution in [0.15, 0.2) is 71.9 Å². The molecule has 4 rings (SSSR count). The quantitative estimate of drug-likeness (QED) is 0.214. The first kappa shape index (κ1) is 32.6. The highest BCUT2D eigenvalue weighted by atomic mass is 32.5. The summed E-state index contributed by atoms with van der Waals surface area (Å²) in [5.74, 6) is -3.44. The Morgan fingerprint density at radius 1 is 1.11 bits per heavy atom. The Hall–Kier alpha value is -4.36. The first-order chi connectivity index (χ1) is 20.5. The predicted octanol–water partition coefficient (Wildman–Crippen LogP) is 6.02. The van der Waals surface area contributed by atoms with Gasteiger partial charge in [0.1, 0.15) is 28.6 Å². The summed E-state index contributed by atoms with van der Waals surface area (Å²) in [5, 5.41) is 12.2. The summed E-state index contributed by atoms with van der Waals surface area (Å²) in [6.07, 6.45) is 3.83. The molecule has 1 fully saturated rings. The van der Waals surface area contributed by atoms with Crippen LogP contribution in [0.3, 0.4) is 0 Å². The molecule has 44 heavy (non-hydrogen) atoms. The Morgan fingerprint density at radius 3 is 2.32 bits per heavy atom. The van der Waals surface area contributed by atoms with Crippen molar-refractivity contribution in [3.63, 3.8) is 0 Å². The van der Waals surface area contributed by atoms with Crippen molar-refractivity contribution in [1.29, 1.82) is 5.26 Å². The van der Waals surface area contributed by atoms with Crippen LogP contribution >= 0.6 is 10.2 Å². The Labute approximate surface area is 247 Å². The van der Waals surface area contributed by atoms with Crippen LogP contribution in [0, 0.1) is 23.1 Å². The van der Waals surface area contributed by atoms with Crippen molar-refractivity contribution >= 4 is 27.7 Å². The van der Waals surface area contributed by atoms with Gasteiger partial charge in [-0.2, -0.15) is 5.26 Å². The van der Waals surface area contributed by atoms with Gasteiger partial charge in [0.2, 0.25) is 5.91 Å². The fraction of sp³-hybridized carbons (Fsp3) is 0.286. The topological polar surface area (TPSA) is 98.6 Å². The molecule has 0 spiro atoms. The zero-order chi connectivity index (χ0) is 32.3. The number of pyridine rings is 1. The number of rotatable bonds is 10. The molecule has 0 radical (unpaired) electrons. The molecule has 8 nitrogen and oxygen atoms in total. The molecule has 3 aromatic rings. The lowest BCUT2D eigenvalue weighted by Gasteiger charge is -2.41. The molecule has 0 aliphatic carbocycles. The van der Waals surface area contributed by atoms with E-state index in [0.29, 0.717) is 18.2 Å². The largest absolute Gasteiger partial charge is 0.379 e. The third kappa shape index (κ3) is 7.58. The Morgan fingerprint density at radius 2 is 1.77 bits per heavy atom. The van der Waals surface area contributed by atoms with E-state index in [0.717, 1.165) is 21.9 Å². The highest BCUT2D eigenvalue weighted by molar-refractivity contribution is 8.45. The number of hydrogen-bond acceptors (Lipinski definition) is 6. The van der Waals surface area contributed by atoms with Gasteiger partial charge in [-0.25, -0.2) is 8.78 Å². The SMILES string of the molecule is CO[C@@H]1C[C@H](C(=O)N(c2ccc(S(F)(F)(F)(F)F)cc2)C(C(=O)NCCc2cc(F)cc(F)c2)c2cccnc2)N(C#N)C1. The lowest BCUT2D eigenvalue weighted by atomic mass is 10.0. The van der Waals surface area contributed by atoms with Gasteiger partial charge in [0.15, 0.2) is 6.19 Å². The number of carbonyl (C=O) groups is 2. The van der Waals surface area contributed by atoms with Gasteiger partial charge >= 0.3 is 10.2 Å². The minimum atomic E-state index is -10.1. The molecule has 2 heterocycles. The fourth-order valence-corrected chi connectivity index (χ4v) is 5.53. The number of ether oxygens (including phenoxy) is 1. The number of nitrogens with one attached hydrogen (secondary N) is 1. The molecule has 1 unspecified atom stereocenters. The van der Waals surface area contributed by atoms with E-state index in [4.69, 9.17) is 4.74 Å². The number of amides is 2. The summed E-state index contributed by atoms with van der Waals surface area (Å²) in [7, 11) is -8.72. The van der Waals surface area contributed by atoms with E-state index >= 15 is 0 Å². The van der Waals surface area contributed by atoms with Crippen molar-refractivity contribution in [2.75, 3.05) is 25.1 Å². The molecule has 236 valence electrons. The van der Waals surface area contributed by atoms with E-state index in [9.17, 15) is 43.1 Å². The monoisotopic (exact) mass is 645 g/mol. The van der Waals surface area contributed by atoms with Gasteiger partial charge in [0, 0.05) is 49.8 Å². The number of nitriles is 1. The maximum atomic E-state index is 14.1. The van der Waals surface area contributed by atoms with Crippen molar-refractivity contribution in [2.24, 2.45) is 0 Å². The molecule has 2 aromatic carbocycles. The first-order valence-corrected chi connectivity index (χ1v) is 14.9. The van der Waals surface area contributed by atoms with E-state index in [1.54, 1.807) is 0 Å². The summed E-state index contributed by atoms with van der Waals surface area (Å²) < 4.78 is 100.0. The number of anilines is 1. The number of hydrogen-bond donors (Lipinski definition) is 1. The van der Waals surface area contributed by atoms with Gasteiger partial charge < -0.3 is 10.1 Å². The summed E-state index contributed by atoms with van der Waals surface area (Å²) in [6.45, 7) is -0.169. The maximum Gasteiger partial charge on any atom is 0.310 e. The third-order valence-corrected chi connectivity index (χ3v) is 8.11. The van der Waals surface area contributed by atoms with Crippen molar-refractivity contribution in [3.05, 3.63) is 89.8 Å². The van der Waals surface area contributed by atoms with E-state index in [1.165, 1.54) is 31.6 Å². The second-order valence-electron chi connectivity index (χ2n) is 10.0. The van der Waals surface area contributed by atoms with Crippen molar-refractivity contribution in [3.8, 4) is 6.19 Å². The summed E-state index contributed by atoms with van der Waals surface area (Å²) >= 11 is 0. The maximum absolute atomic E-state index is 14.1. The van der Waals surface area contributed by atoms with Gasteiger partial charge in [-0.1, -0.05) is 25.5 Å². The lowest BCUT2D eigenvalue weighted by Crippen LogP contribution is -2.50. The normalized spacial score (nSPS) is 18.9. The van der Waals surface area contributed by atoms with E-state index in [2.05, 4.69) is 10.3 Å². The Bertz CT molecular complexity index is 1550. The average Bonchev–Trinajstić information content (AvgIpc) is 3.38. The Balaban J connectivity index is 1.76. The van der Waals surface area contributed by atoms with Crippen LogP contribution < -0.4 is 10.2 Å². The van der Waals surface area contributed by atoms with Crippen molar-refractivity contribution in [1.82, 2.24) is 15.2 Å². The van der Waals surface area contributed by atoms with Gasteiger partial charge in [-0.15, -0.1) is 0 Å². The molecular weight excluding hydrogens is 619 g/mol. The van der Waals surface area contributed by atoms with Crippen LogP contribution in [-0.4, -0.2) is 54.0 Å². The minimum Gasteiger partial charge on any atom is -0.379 e. The second-order valence-corrected chi connectivity index (χ2v) is 12.4. The highest BCUT2D eigenvalue weighted by Crippen LogP contribution is 3.02. The molecule has 0 saturated carbocycles. The molecular formula is C28H26F7N5O3S. The van der Waals surface area contributed by atoms with Crippen LogP contribution in [-0.2, 0) is 20.7 Å². The minimum absolute atomic E-state index is 0.00828. The third-order valence-electron chi connectivity index (χ3n) is 6.95. The number of likely N-dealkylation sites (tertiary alicyclic amines) is 1. The first-order valence-electron chi connectivity index (χ1n) is 13.0. The van der Waals surface area contributed by atoms with Crippen LogP contribution in [0.4, 0.5) is 33.9 Å². The molecule has 1 aliphatic heterocycles. The molecule has 16 heteroatoms. The molecule has 1 saturated heterocycles. The Kier molecular flexibility index (Phi) is 8.60. The molecule has 3 atom stereocenters. The zero-order valence-corrected chi connectivity index (χ0v) is 23.8.